The minimum absolute atomic E-state index is 1.09. The second-order valence-corrected chi connectivity index (χ2v) is 15.0. The van der Waals surface area contributed by atoms with Gasteiger partial charge in [-0.2, -0.15) is 0 Å². The van der Waals surface area contributed by atoms with Gasteiger partial charge in [0.05, 0.1) is 11.0 Å². The van der Waals surface area contributed by atoms with Gasteiger partial charge in [0.15, 0.2) is 0 Å². The molecular weight excluding hydrogens is 701 g/mol. The SMILES string of the molecule is c1ccc(-c2cccc(N(c3ccc(-c4ccc5c(ccc6ccccc65)c4)cc3)c3cccc(-c4cccc5c4c4ccccc4n5-c4ccccc4)c3)c2)cc1. The molecule has 0 aliphatic heterocycles. The molecule has 0 spiro atoms. The topological polar surface area (TPSA) is 8.17 Å². The van der Waals surface area contributed by atoms with E-state index in [1.165, 1.54) is 76.7 Å². The fourth-order valence-electron chi connectivity index (χ4n) is 8.83. The summed E-state index contributed by atoms with van der Waals surface area (Å²) in [6, 6.07) is 83.7. The van der Waals surface area contributed by atoms with E-state index in [2.05, 4.69) is 240 Å². The van der Waals surface area contributed by atoms with E-state index in [-0.39, 0.29) is 0 Å². The number of hydrogen-bond acceptors (Lipinski definition) is 1. The Labute approximate surface area is 338 Å². The summed E-state index contributed by atoms with van der Waals surface area (Å²) in [6.07, 6.45) is 0. The summed E-state index contributed by atoms with van der Waals surface area (Å²) < 4.78 is 2.39. The quantitative estimate of drug-likeness (QED) is 0.148. The van der Waals surface area contributed by atoms with Gasteiger partial charge in [0, 0.05) is 33.5 Å². The van der Waals surface area contributed by atoms with Crippen LogP contribution < -0.4 is 4.90 Å². The average Bonchev–Trinajstić information content (AvgIpc) is 3.65. The number of hydrogen-bond donors (Lipinski definition) is 0. The van der Waals surface area contributed by atoms with E-state index >= 15 is 0 Å². The van der Waals surface area contributed by atoms with E-state index in [1.807, 2.05) is 0 Å². The maximum atomic E-state index is 2.39. The monoisotopic (exact) mass is 738 g/mol. The molecule has 11 aromatic rings. The maximum absolute atomic E-state index is 2.39. The van der Waals surface area contributed by atoms with Crippen molar-refractivity contribution in [2.45, 2.75) is 0 Å². The Morgan fingerprint density at radius 1 is 0.293 bits per heavy atom. The minimum Gasteiger partial charge on any atom is -0.310 e. The molecule has 0 atom stereocenters. The number of rotatable bonds is 7. The first-order valence-corrected chi connectivity index (χ1v) is 19.9. The van der Waals surface area contributed by atoms with Gasteiger partial charge >= 0.3 is 0 Å². The second kappa shape index (κ2) is 14.1. The Morgan fingerprint density at radius 2 is 0.845 bits per heavy atom. The lowest BCUT2D eigenvalue weighted by Crippen LogP contribution is -2.10. The summed E-state index contributed by atoms with van der Waals surface area (Å²) in [7, 11) is 0. The molecular formula is C56H38N2. The molecule has 0 bridgehead atoms. The highest BCUT2D eigenvalue weighted by Crippen LogP contribution is 2.42. The lowest BCUT2D eigenvalue weighted by Gasteiger charge is -2.27. The summed E-state index contributed by atoms with van der Waals surface area (Å²) in [4.78, 5) is 2.39. The van der Waals surface area contributed by atoms with Gasteiger partial charge in [0.2, 0.25) is 0 Å². The zero-order valence-electron chi connectivity index (χ0n) is 31.8. The van der Waals surface area contributed by atoms with Gasteiger partial charge in [-0.05, 0) is 122 Å². The highest BCUT2D eigenvalue weighted by molar-refractivity contribution is 6.16. The van der Waals surface area contributed by atoms with Crippen LogP contribution in [0.2, 0.25) is 0 Å². The molecule has 0 aliphatic rings. The predicted octanol–water partition coefficient (Wildman–Crippen LogP) is 15.6. The van der Waals surface area contributed by atoms with E-state index in [0.29, 0.717) is 0 Å². The van der Waals surface area contributed by atoms with Crippen LogP contribution in [0.15, 0.2) is 231 Å². The van der Waals surface area contributed by atoms with Crippen LogP contribution in [0, 0.1) is 0 Å². The van der Waals surface area contributed by atoms with Crippen LogP contribution in [0.25, 0.3) is 82.4 Å². The third-order valence-corrected chi connectivity index (χ3v) is 11.5. The molecule has 2 nitrogen and oxygen atoms in total. The molecule has 10 aromatic carbocycles. The Hall–Kier alpha value is -7.68. The fourth-order valence-corrected chi connectivity index (χ4v) is 8.83. The van der Waals surface area contributed by atoms with Crippen molar-refractivity contribution < 1.29 is 0 Å². The normalized spacial score (nSPS) is 11.4. The lowest BCUT2D eigenvalue weighted by molar-refractivity contribution is 1.18. The fraction of sp³-hybridized carbons (Fsp3) is 0. The van der Waals surface area contributed by atoms with Crippen LogP contribution in [0.5, 0.6) is 0 Å². The van der Waals surface area contributed by atoms with Crippen LogP contribution in [0.3, 0.4) is 0 Å². The molecule has 272 valence electrons. The number of fused-ring (bicyclic) bond motifs is 6. The molecule has 0 aliphatic carbocycles. The van der Waals surface area contributed by atoms with E-state index < -0.39 is 0 Å². The standard InChI is InChI=1S/C56H38N2/c1-3-14-39(15-4-1)42-17-11-21-48(37-42)57(47-33-30-40(31-34-47)43-32-35-51-45(36-43)29-28-41-16-7-8-23-50(41)51)49-22-12-18-44(38-49)52-25-13-27-55-56(52)53-24-9-10-26-54(53)58(55)46-19-5-2-6-20-46/h1-38H. The van der Waals surface area contributed by atoms with Crippen molar-refractivity contribution in [2.24, 2.45) is 0 Å². The van der Waals surface area contributed by atoms with Gasteiger partial charge < -0.3 is 9.47 Å². The van der Waals surface area contributed by atoms with Crippen molar-refractivity contribution >= 4 is 60.4 Å². The van der Waals surface area contributed by atoms with Gasteiger partial charge in [-0.3, -0.25) is 0 Å². The minimum atomic E-state index is 1.09. The number of aromatic nitrogens is 1. The Balaban J connectivity index is 1.05. The molecule has 0 radical (unpaired) electrons. The first-order chi connectivity index (χ1) is 28.8. The highest BCUT2D eigenvalue weighted by Gasteiger charge is 2.19. The smallest absolute Gasteiger partial charge is 0.0547 e. The lowest BCUT2D eigenvalue weighted by atomic mass is 9.97. The Kier molecular flexibility index (Phi) is 8.19. The molecule has 0 fully saturated rings. The summed E-state index contributed by atoms with van der Waals surface area (Å²) in [5, 5.41) is 7.58. The van der Waals surface area contributed by atoms with E-state index in [1.54, 1.807) is 0 Å². The van der Waals surface area contributed by atoms with E-state index in [9.17, 15) is 0 Å². The zero-order chi connectivity index (χ0) is 38.4. The molecule has 0 N–H and O–H groups in total. The largest absolute Gasteiger partial charge is 0.310 e. The second-order valence-electron chi connectivity index (χ2n) is 15.0. The van der Waals surface area contributed by atoms with Gasteiger partial charge in [-0.15, -0.1) is 0 Å². The van der Waals surface area contributed by atoms with Gasteiger partial charge in [-0.25, -0.2) is 0 Å². The number of para-hydroxylation sites is 2. The summed E-state index contributed by atoms with van der Waals surface area (Å²) in [6.45, 7) is 0. The number of anilines is 3. The van der Waals surface area contributed by atoms with Crippen molar-refractivity contribution in [2.75, 3.05) is 4.90 Å². The van der Waals surface area contributed by atoms with Gasteiger partial charge in [-0.1, -0.05) is 164 Å². The predicted molar refractivity (Wildman–Crippen MR) is 247 cm³/mol. The third-order valence-electron chi connectivity index (χ3n) is 11.5. The average molecular weight is 739 g/mol. The molecule has 11 rings (SSSR count). The summed E-state index contributed by atoms with van der Waals surface area (Å²) in [5.41, 5.74) is 14.0. The van der Waals surface area contributed by atoms with Crippen molar-refractivity contribution in [3.8, 4) is 39.1 Å². The van der Waals surface area contributed by atoms with Crippen molar-refractivity contribution in [1.82, 2.24) is 4.57 Å². The molecule has 1 aromatic heterocycles. The van der Waals surface area contributed by atoms with Crippen LogP contribution in [-0.4, -0.2) is 4.57 Å². The Bertz CT molecular complexity index is 3270. The van der Waals surface area contributed by atoms with Crippen LogP contribution in [0.4, 0.5) is 17.1 Å². The van der Waals surface area contributed by atoms with Crippen molar-refractivity contribution in [1.29, 1.82) is 0 Å². The highest BCUT2D eigenvalue weighted by atomic mass is 15.1. The van der Waals surface area contributed by atoms with Crippen molar-refractivity contribution in [3.05, 3.63) is 231 Å². The molecule has 0 saturated heterocycles. The summed E-state index contributed by atoms with van der Waals surface area (Å²) in [5.74, 6) is 0. The molecule has 0 saturated carbocycles. The first kappa shape index (κ1) is 33.6. The summed E-state index contributed by atoms with van der Waals surface area (Å²) >= 11 is 0. The van der Waals surface area contributed by atoms with Gasteiger partial charge in [0.25, 0.3) is 0 Å². The number of nitrogens with zero attached hydrogens (tertiary/aromatic N) is 2. The van der Waals surface area contributed by atoms with E-state index in [4.69, 9.17) is 0 Å². The maximum Gasteiger partial charge on any atom is 0.0547 e. The zero-order valence-corrected chi connectivity index (χ0v) is 31.8. The Morgan fingerprint density at radius 3 is 1.66 bits per heavy atom. The van der Waals surface area contributed by atoms with Crippen molar-refractivity contribution in [3.63, 3.8) is 0 Å². The third kappa shape index (κ3) is 5.82. The molecule has 1 heterocycles. The van der Waals surface area contributed by atoms with Crippen LogP contribution in [-0.2, 0) is 0 Å². The molecule has 2 heteroatoms. The van der Waals surface area contributed by atoms with Crippen LogP contribution in [0.1, 0.15) is 0 Å². The van der Waals surface area contributed by atoms with E-state index in [0.717, 1.165) is 22.7 Å². The molecule has 0 amide bonds. The van der Waals surface area contributed by atoms with Gasteiger partial charge in [0.1, 0.15) is 0 Å². The first-order valence-electron chi connectivity index (χ1n) is 19.9. The molecule has 58 heavy (non-hydrogen) atoms. The van der Waals surface area contributed by atoms with Crippen LogP contribution >= 0.6 is 0 Å². The number of benzene rings is 10. The molecule has 0 unspecified atom stereocenters.